The molecule has 0 aromatic heterocycles. The van der Waals surface area contributed by atoms with Crippen LogP contribution < -0.4 is 0 Å². The maximum Gasteiger partial charge on any atom is 0.253 e. The maximum absolute atomic E-state index is 12.5. The number of ether oxygens (including phenoxy) is 1. The Morgan fingerprint density at radius 3 is 2.52 bits per heavy atom. The number of halogens is 1. The first kappa shape index (κ1) is 14.8. The number of carbonyl (C=O) groups excluding carboxylic acids is 1. The summed E-state index contributed by atoms with van der Waals surface area (Å²) < 4.78 is 5.42. The van der Waals surface area contributed by atoms with Crippen molar-refractivity contribution in [3.63, 3.8) is 0 Å². The van der Waals surface area contributed by atoms with E-state index < -0.39 is 0 Å². The Morgan fingerprint density at radius 2 is 1.86 bits per heavy atom. The van der Waals surface area contributed by atoms with Crippen LogP contribution in [-0.4, -0.2) is 61.1 Å². The smallest absolute Gasteiger partial charge is 0.253 e. The minimum Gasteiger partial charge on any atom is -0.381 e. The minimum atomic E-state index is 0.0872. The third-order valence-corrected chi connectivity index (χ3v) is 4.62. The van der Waals surface area contributed by atoms with Gasteiger partial charge in [-0.25, -0.2) is 0 Å². The van der Waals surface area contributed by atoms with E-state index in [1.165, 1.54) is 0 Å². The fourth-order valence-electron chi connectivity index (χ4n) is 3.14. The van der Waals surface area contributed by atoms with Crippen LogP contribution in [0.1, 0.15) is 23.2 Å². The van der Waals surface area contributed by atoms with Crippen LogP contribution in [0.25, 0.3) is 0 Å². The number of piperazine rings is 1. The van der Waals surface area contributed by atoms with Crippen molar-refractivity contribution in [1.29, 1.82) is 0 Å². The lowest BCUT2D eigenvalue weighted by Crippen LogP contribution is -2.53. The van der Waals surface area contributed by atoms with Gasteiger partial charge in [-0.3, -0.25) is 9.69 Å². The van der Waals surface area contributed by atoms with Gasteiger partial charge in [0.05, 0.1) is 0 Å². The van der Waals surface area contributed by atoms with E-state index in [-0.39, 0.29) is 5.91 Å². The fraction of sp³-hybridized carbons (Fsp3) is 0.562. The predicted molar refractivity (Wildman–Crippen MR) is 82.8 cm³/mol. The maximum atomic E-state index is 12.5. The predicted octanol–water partition coefficient (Wildman–Crippen LogP) is 2.28. The molecule has 0 saturated carbocycles. The molecular weight excluding hydrogens is 288 g/mol. The molecule has 2 heterocycles. The molecule has 1 aromatic rings. The second-order valence-electron chi connectivity index (χ2n) is 5.68. The van der Waals surface area contributed by atoms with E-state index in [0.717, 1.165) is 52.2 Å². The van der Waals surface area contributed by atoms with E-state index in [2.05, 4.69) is 4.90 Å². The molecule has 114 valence electrons. The van der Waals surface area contributed by atoms with E-state index in [1.54, 1.807) is 12.1 Å². The van der Waals surface area contributed by atoms with Crippen LogP contribution in [0.2, 0.25) is 5.02 Å². The van der Waals surface area contributed by atoms with Crippen molar-refractivity contribution < 1.29 is 9.53 Å². The number of rotatable bonds is 2. The van der Waals surface area contributed by atoms with Crippen molar-refractivity contribution in [3.05, 3.63) is 34.9 Å². The van der Waals surface area contributed by atoms with Crippen molar-refractivity contribution in [2.75, 3.05) is 39.4 Å². The summed E-state index contributed by atoms with van der Waals surface area (Å²) in [6, 6.07) is 7.82. The highest BCUT2D eigenvalue weighted by Crippen LogP contribution is 2.18. The van der Waals surface area contributed by atoms with Crippen LogP contribution in [0.3, 0.4) is 0 Å². The Kier molecular flexibility index (Phi) is 4.78. The third kappa shape index (κ3) is 3.57. The lowest BCUT2D eigenvalue weighted by Gasteiger charge is -2.40. The van der Waals surface area contributed by atoms with Crippen LogP contribution >= 0.6 is 11.6 Å². The zero-order valence-electron chi connectivity index (χ0n) is 12.1. The van der Waals surface area contributed by atoms with Gasteiger partial charge >= 0.3 is 0 Å². The van der Waals surface area contributed by atoms with Crippen LogP contribution in [0.15, 0.2) is 24.3 Å². The molecule has 0 unspecified atom stereocenters. The molecule has 4 nitrogen and oxygen atoms in total. The Hall–Kier alpha value is -1.10. The molecule has 2 saturated heterocycles. The SMILES string of the molecule is O=C(c1cccc(Cl)c1)N1CCN(C2CCOCC2)CC1. The fourth-order valence-corrected chi connectivity index (χ4v) is 3.33. The average Bonchev–Trinajstić information content (AvgIpc) is 2.55. The van der Waals surface area contributed by atoms with Gasteiger partial charge < -0.3 is 9.64 Å². The summed E-state index contributed by atoms with van der Waals surface area (Å²) in [5.74, 6) is 0.0872. The molecule has 2 aliphatic heterocycles. The molecule has 5 heteroatoms. The van der Waals surface area contributed by atoms with Crippen LogP contribution in [0.5, 0.6) is 0 Å². The minimum absolute atomic E-state index is 0.0872. The topological polar surface area (TPSA) is 32.8 Å². The van der Waals surface area contributed by atoms with Gasteiger partial charge in [0.25, 0.3) is 5.91 Å². The molecule has 2 fully saturated rings. The standard InChI is InChI=1S/C16H21ClN2O2/c17-14-3-1-2-13(12-14)16(20)19-8-6-18(7-9-19)15-4-10-21-11-5-15/h1-3,12,15H,4-11H2. The molecule has 1 aromatic carbocycles. The molecule has 21 heavy (non-hydrogen) atoms. The van der Waals surface area contributed by atoms with Crippen molar-refractivity contribution in [2.45, 2.75) is 18.9 Å². The zero-order chi connectivity index (χ0) is 14.7. The van der Waals surface area contributed by atoms with Crippen molar-refractivity contribution >= 4 is 17.5 Å². The molecular formula is C16H21ClN2O2. The van der Waals surface area contributed by atoms with Crippen molar-refractivity contribution in [1.82, 2.24) is 9.80 Å². The number of hydrogen-bond donors (Lipinski definition) is 0. The first-order valence-electron chi connectivity index (χ1n) is 7.61. The van der Waals surface area contributed by atoms with Gasteiger partial charge in [0.2, 0.25) is 0 Å². The first-order chi connectivity index (χ1) is 10.2. The highest BCUT2D eigenvalue weighted by molar-refractivity contribution is 6.30. The summed E-state index contributed by atoms with van der Waals surface area (Å²) in [5.41, 5.74) is 0.682. The van der Waals surface area contributed by atoms with Gasteiger partial charge in [0, 0.05) is 56.0 Å². The van der Waals surface area contributed by atoms with E-state index in [1.807, 2.05) is 17.0 Å². The second kappa shape index (κ2) is 6.77. The zero-order valence-corrected chi connectivity index (χ0v) is 12.9. The van der Waals surface area contributed by atoms with Gasteiger partial charge in [-0.15, -0.1) is 0 Å². The third-order valence-electron chi connectivity index (χ3n) is 4.38. The quantitative estimate of drug-likeness (QED) is 0.840. The lowest BCUT2D eigenvalue weighted by atomic mass is 10.1. The molecule has 3 rings (SSSR count). The highest BCUT2D eigenvalue weighted by Gasteiger charge is 2.27. The molecule has 0 spiro atoms. The van der Waals surface area contributed by atoms with Crippen LogP contribution in [0.4, 0.5) is 0 Å². The highest BCUT2D eigenvalue weighted by atomic mass is 35.5. The Balaban J connectivity index is 1.56. The largest absolute Gasteiger partial charge is 0.381 e. The molecule has 2 aliphatic rings. The molecule has 0 N–H and O–H groups in total. The summed E-state index contributed by atoms with van der Waals surface area (Å²) >= 11 is 5.96. The summed E-state index contributed by atoms with van der Waals surface area (Å²) in [4.78, 5) is 16.9. The van der Waals surface area contributed by atoms with Crippen molar-refractivity contribution in [2.24, 2.45) is 0 Å². The van der Waals surface area contributed by atoms with E-state index >= 15 is 0 Å². The molecule has 0 atom stereocenters. The van der Waals surface area contributed by atoms with Crippen molar-refractivity contribution in [3.8, 4) is 0 Å². The van der Waals surface area contributed by atoms with Gasteiger partial charge in [-0.1, -0.05) is 17.7 Å². The number of carbonyl (C=O) groups is 1. The molecule has 0 aliphatic carbocycles. The van der Waals surface area contributed by atoms with E-state index in [4.69, 9.17) is 16.3 Å². The Bertz CT molecular complexity index is 495. The molecule has 1 amide bonds. The number of hydrogen-bond acceptors (Lipinski definition) is 3. The van der Waals surface area contributed by atoms with Crippen LogP contribution in [-0.2, 0) is 4.74 Å². The van der Waals surface area contributed by atoms with Gasteiger partial charge in [-0.05, 0) is 31.0 Å². The summed E-state index contributed by atoms with van der Waals surface area (Å²) in [7, 11) is 0. The Labute approximate surface area is 130 Å². The Morgan fingerprint density at radius 1 is 1.14 bits per heavy atom. The number of benzene rings is 1. The van der Waals surface area contributed by atoms with E-state index in [9.17, 15) is 4.79 Å². The van der Waals surface area contributed by atoms with Gasteiger partial charge in [-0.2, -0.15) is 0 Å². The molecule has 0 bridgehead atoms. The first-order valence-corrected chi connectivity index (χ1v) is 7.98. The van der Waals surface area contributed by atoms with Gasteiger partial charge in [0.1, 0.15) is 0 Å². The normalized spacial score (nSPS) is 21.5. The summed E-state index contributed by atoms with van der Waals surface area (Å²) in [5, 5.41) is 0.613. The lowest BCUT2D eigenvalue weighted by molar-refractivity contribution is 0.0137. The molecule has 0 radical (unpaired) electrons. The average molecular weight is 309 g/mol. The second-order valence-corrected chi connectivity index (χ2v) is 6.12. The summed E-state index contributed by atoms with van der Waals surface area (Å²) in [6.07, 6.45) is 2.23. The van der Waals surface area contributed by atoms with Gasteiger partial charge in [0.15, 0.2) is 0 Å². The van der Waals surface area contributed by atoms with Crippen LogP contribution in [0, 0.1) is 0 Å². The summed E-state index contributed by atoms with van der Waals surface area (Å²) in [6.45, 7) is 5.23. The monoisotopic (exact) mass is 308 g/mol. The van der Waals surface area contributed by atoms with E-state index in [0.29, 0.717) is 16.6 Å². The number of amides is 1. The number of nitrogens with zero attached hydrogens (tertiary/aromatic N) is 2.